The van der Waals surface area contributed by atoms with Crippen LogP contribution in [0.4, 0.5) is 0 Å². The van der Waals surface area contributed by atoms with Gasteiger partial charge >= 0.3 is 5.97 Å². The fourth-order valence-electron chi connectivity index (χ4n) is 2.06. The number of piperidine rings is 1. The minimum atomic E-state index is -0.710. The van der Waals surface area contributed by atoms with E-state index in [1.54, 1.807) is 6.20 Å². The summed E-state index contributed by atoms with van der Waals surface area (Å²) in [5.41, 5.74) is 1.04. The number of aromatic amines is 1. The van der Waals surface area contributed by atoms with E-state index in [4.69, 9.17) is 5.11 Å². The third-order valence-electron chi connectivity index (χ3n) is 2.84. The Morgan fingerprint density at radius 3 is 3.20 bits per heavy atom. The molecule has 0 spiro atoms. The molecule has 0 aromatic carbocycles. The predicted molar refractivity (Wildman–Crippen MR) is 54.3 cm³/mol. The molecule has 1 fully saturated rings. The highest BCUT2D eigenvalue weighted by atomic mass is 16.4. The Morgan fingerprint density at radius 1 is 1.67 bits per heavy atom. The Morgan fingerprint density at radius 2 is 2.53 bits per heavy atom. The van der Waals surface area contributed by atoms with Gasteiger partial charge in [0.05, 0.1) is 6.20 Å². The van der Waals surface area contributed by atoms with Crippen LogP contribution in [0.25, 0.3) is 0 Å². The second-order valence-electron chi connectivity index (χ2n) is 3.93. The molecule has 0 radical (unpaired) electrons. The SMILES string of the molecule is O=C(O)C1CCCCN1Cc1cn[nH]c1. The van der Waals surface area contributed by atoms with Crippen LogP contribution in [0.15, 0.2) is 12.4 Å². The van der Waals surface area contributed by atoms with E-state index in [1.165, 1.54) is 0 Å². The summed E-state index contributed by atoms with van der Waals surface area (Å²) in [6, 6.07) is -0.325. The van der Waals surface area contributed by atoms with Gasteiger partial charge in [0, 0.05) is 18.3 Å². The fraction of sp³-hybridized carbons (Fsp3) is 0.600. The number of hydrogen-bond donors (Lipinski definition) is 2. The van der Waals surface area contributed by atoms with Gasteiger partial charge in [0.1, 0.15) is 6.04 Å². The molecule has 82 valence electrons. The van der Waals surface area contributed by atoms with E-state index in [-0.39, 0.29) is 6.04 Å². The second-order valence-corrected chi connectivity index (χ2v) is 3.93. The zero-order valence-electron chi connectivity index (χ0n) is 8.52. The van der Waals surface area contributed by atoms with Crippen molar-refractivity contribution in [3.63, 3.8) is 0 Å². The first-order chi connectivity index (χ1) is 7.27. The van der Waals surface area contributed by atoms with Crippen molar-refractivity contribution in [2.75, 3.05) is 6.54 Å². The van der Waals surface area contributed by atoms with Crippen molar-refractivity contribution in [2.24, 2.45) is 0 Å². The number of nitrogens with one attached hydrogen (secondary N) is 1. The van der Waals surface area contributed by atoms with Gasteiger partial charge in [0.25, 0.3) is 0 Å². The zero-order chi connectivity index (χ0) is 10.7. The number of H-pyrrole nitrogens is 1. The maximum absolute atomic E-state index is 11.0. The van der Waals surface area contributed by atoms with E-state index in [9.17, 15) is 4.79 Å². The Balaban J connectivity index is 2.02. The van der Waals surface area contributed by atoms with Crippen molar-refractivity contribution in [1.29, 1.82) is 0 Å². The summed E-state index contributed by atoms with van der Waals surface area (Å²) in [4.78, 5) is 13.0. The molecule has 15 heavy (non-hydrogen) atoms. The minimum absolute atomic E-state index is 0.325. The molecule has 1 aliphatic rings. The Kier molecular flexibility index (Phi) is 3.01. The standard InChI is InChI=1S/C10H15N3O2/c14-10(15)9-3-1-2-4-13(9)7-8-5-11-12-6-8/h5-6,9H,1-4,7H2,(H,11,12)(H,14,15). The molecule has 1 aromatic heterocycles. The Bertz CT molecular complexity index is 323. The molecule has 0 saturated carbocycles. The van der Waals surface area contributed by atoms with Gasteiger partial charge in [-0.15, -0.1) is 0 Å². The highest BCUT2D eigenvalue weighted by Gasteiger charge is 2.28. The van der Waals surface area contributed by atoms with Crippen LogP contribution >= 0.6 is 0 Å². The molecule has 2 rings (SSSR count). The number of aromatic nitrogens is 2. The monoisotopic (exact) mass is 209 g/mol. The van der Waals surface area contributed by atoms with Crippen molar-refractivity contribution in [3.05, 3.63) is 18.0 Å². The van der Waals surface area contributed by atoms with E-state index in [0.29, 0.717) is 6.54 Å². The van der Waals surface area contributed by atoms with Crippen molar-refractivity contribution < 1.29 is 9.90 Å². The fourth-order valence-corrected chi connectivity index (χ4v) is 2.06. The molecule has 0 aliphatic carbocycles. The first kappa shape index (κ1) is 10.2. The van der Waals surface area contributed by atoms with Gasteiger partial charge in [-0.25, -0.2) is 0 Å². The molecule has 5 nitrogen and oxygen atoms in total. The van der Waals surface area contributed by atoms with Crippen LogP contribution in [0.5, 0.6) is 0 Å². The number of carboxylic acid groups (broad SMARTS) is 1. The average molecular weight is 209 g/mol. The van der Waals surface area contributed by atoms with Gasteiger partial charge in [-0.1, -0.05) is 6.42 Å². The predicted octanol–water partition coefficient (Wildman–Crippen LogP) is 0.849. The van der Waals surface area contributed by atoms with Crippen LogP contribution in [0.1, 0.15) is 24.8 Å². The number of rotatable bonds is 3. The molecule has 1 aliphatic heterocycles. The summed E-state index contributed by atoms with van der Waals surface area (Å²) >= 11 is 0. The maximum Gasteiger partial charge on any atom is 0.320 e. The van der Waals surface area contributed by atoms with E-state index in [1.807, 2.05) is 11.1 Å². The third kappa shape index (κ3) is 2.36. The number of likely N-dealkylation sites (tertiary alicyclic amines) is 1. The van der Waals surface area contributed by atoms with Crippen molar-refractivity contribution in [2.45, 2.75) is 31.8 Å². The number of hydrogen-bond acceptors (Lipinski definition) is 3. The molecule has 2 N–H and O–H groups in total. The molecule has 5 heteroatoms. The lowest BCUT2D eigenvalue weighted by molar-refractivity contribution is -0.144. The quantitative estimate of drug-likeness (QED) is 0.774. The van der Waals surface area contributed by atoms with Gasteiger partial charge < -0.3 is 5.11 Å². The van der Waals surface area contributed by atoms with Crippen LogP contribution in [-0.4, -0.2) is 38.8 Å². The van der Waals surface area contributed by atoms with Gasteiger partial charge in [-0.05, 0) is 19.4 Å². The highest BCUT2D eigenvalue weighted by Crippen LogP contribution is 2.19. The third-order valence-corrected chi connectivity index (χ3v) is 2.84. The lowest BCUT2D eigenvalue weighted by atomic mass is 10.0. The zero-order valence-corrected chi connectivity index (χ0v) is 8.52. The molecule has 1 saturated heterocycles. The lowest BCUT2D eigenvalue weighted by Crippen LogP contribution is -2.43. The van der Waals surface area contributed by atoms with Crippen molar-refractivity contribution in [3.8, 4) is 0 Å². The maximum atomic E-state index is 11.0. The van der Waals surface area contributed by atoms with Gasteiger partial charge in [0.15, 0.2) is 0 Å². The Labute approximate surface area is 88.1 Å². The largest absolute Gasteiger partial charge is 0.480 e. The lowest BCUT2D eigenvalue weighted by Gasteiger charge is -2.32. The van der Waals surface area contributed by atoms with Crippen LogP contribution in [0.3, 0.4) is 0 Å². The molecular weight excluding hydrogens is 194 g/mol. The van der Waals surface area contributed by atoms with Crippen molar-refractivity contribution in [1.82, 2.24) is 15.1 Å². The number of carboxylic acids is 1. The van der Waals surface area contributed by atoms with Gasteiger partial charge in [0.2, 0.25) is 0 Å². The number of carbonyl (C=O) groups is 1. The Hall–Kier alpha value is -1.36. The van der Waals surface area contributed by atoms with E-state index < -0.39 is 5.97 Å². The molecule has 0 amide bonds. The first-order valence-corrected chi connectivity index (χ1v) is 5.22. The first-order valence-electron chi connectivity index (χ1n) is 5.22. The van der Waals surface area contributed by atoms with Crippen LogP contribution < -0.4 is 0 Å². The number of nitrogens with zero attached hydrogens (tertiary/aromatic N) is 2. The van der Waals surface area contributed by atoms with Gasteiger partial charge in [-0.3, -0.25) is 14.8 Å². The van der Waals surface area contributed by atoms with Crippen LogP contribution in [0.2, 0.25) is 0 Å². The molecule has 2 heterocycles. The smallest absolute Gasteiger partial charge is 0.320 e. The summed E-state index contributed by atoms with van der Waals surface area (Å²) in [5.74, 6) is -0.710. The summed E-state index contributed by atoms with van der Waals surface area (Å²) in [7, 11) is 0. The second kappa shape index (κ2) is 4.44. The van der Waals surface area contributed by atoms with Crippen LogP contribution in [0, 0.1) is 0 Å². The van der Waals surface area contributed by atoms with E-state index in [0.717, 1.165) is 31.4 Å². The summed E-state index contributed by atoms with van der Waals surface area (Å²) in [6.45, 7) is 1.54. The van der Waals surface area contributed by atoms with E-state index in [2.05, 4.69) is 10.2 Å². The van der Waals surface area contributed by atoms with Crippen molar-refractivity contribution >= 4 is 5.97 Å². The summed E-state index contributed by atoms with van der Waals surface area (Å²) in [5, 5.41) is 15.7. The van der Waals surface area contributed by atoms with Crippen LogP contribution in [-0.2, 0) is 11.3 Å². The number of aliphatic carboxylic acids is 1. The topological polar surface area (TPSA) is 69.2 Å². The van der Waals surface area contributed by atoms with E-state index >= 15 is 0 Å². The summed E-state index contributed by atoms with van der Waals surface area (Å²) < 4.78 is 0. The molecule has 1 unspecified atom stereocenters. The highest BCUT2D eigenvalue weighted by molar-refractivity contribution is 5.73. The average Bonchev–Trinajstić information content (AvgIpc) is 2.71. The molecule has 1 atom stereocenters. The van der Waals surface area contributed by atoms with Gasteiger partial charge in [-0.2, -0.15) is 5.10 Å². The minimum Gasteiger partial charge on any atom is -0.480 e. The molecule has 1 aromatic rings. The summed E-state index contributed by atoms with van der Waals surface area (Å²) in [6.07, 6.45) is 6.41. The molecular formula is C10H15N3O2. The molecule has 0 bridgehead atoms. The normalized spacial score (nSPS) is 22.8.